The zero-order chi connectivity index (χ0) is 13.9. The SMILES string of the molecule is CCN1CCO[C@@H]2CN(C(=O)C3CCSCC3)C[C@@H]2C1. The Kier molecular flexibility index (Phi) is 4.89. The van der Waals surface area contributed by atoms with Crippen molar-refractivity contribution in [1.82, 2.24) is 9.80 Å². The molecule has 0 aromatic heterocycles. The Hall–Kier alpha value is -0.260. The number of likely N-dealkylation sites (N-methyl/N-ethyl adjacent to an activating group) is 1. The van der Waals surface area contributed by atoms with E-state index in [4.69, 9.17) is 4.74 Å². The number of nitrogens with zero attached hydrogens (tertiary/aromatic N) is 2. The zero-order valence-corrected chi connectivity index (χ0v) is 13.2. The average molecular weight is 298 g/mol. The van der Waals surface area contributed by atoms with E-state index >= 15 is 0 Å². The van der Waals surface area contributed by atoms with Crippen LogP contribution in [-0.2, 0) is 9.53 Å². The van der Waals surface area contributed by atoms with Gasteiger partial charge in [-0.05, 0) is 30.9 Å². The summed E-state index contributed by atoms with van der Waals surface area (Å²) in [6.45, 7) is 7.96. The van der Waals surface area contributed by atoms with Crippen molar-refractivity contribution < 1.29 is 9.53 Å². The molecule has 3 saturated heterocycles. The Labute approximate surface area is 126 Å². The van der Waals surface area contributed by atoms with E-state index in [-0.39, 0.29) is 12.0 Å². The smallest absolute Gasteiger partial charge is 0.225 e. The van der Waals surface area contributed by atoms with E-state index in [1.165, 1.54) is 0 Å². The summed E-state index contributed by atoms with van der Waals surface area (Å²) >= 11 is 1.98. The number of carbonyl (C=O) groups excluding carboxylic acids is 1. The molecule has 20 heavy (non-hydrogen) atoms. The first kappa shape index (κ1) is 14.7. The number of rotatable bonds is 2. The van der Waals surface area contributed by atoms with Crippen molar-refractivity contribution in [3.05, 3.63) is 0 Å². The molecule has 0 saturated carbocycles. The van der Waals surface area contributed by atoms with Crippen LogP contribution in [0.25, 0.3) is 0 Å². The van der Waals surface area contributed by atoms with E-state index < -0.39 is 0 Å². The van der Waals surface area contributed by atoms with Crippen LogP contribution in [0.5, 0.6) is 0 Å². The number of likely N-dealkylation sites (tertiary alicyclic amines) is 1. The predicted molar refractivity (Wildman–Crippen MR) is 82.0 cm³/mol. The minimum absolute atomic E-state index is 0.272. The van der Waals surface area contributed by atoms with Gasteiger partial charge in [0.2, 0.25) is 5.91 Å². The van der Waals surface area contributed by atoms with Crippen molar-refractivity contribution >= 4 is 17.7 Å². The molecule has 0 aromatic carbocycles. The maximum absolute atomic E-state index is 12.6. The predicted octanol–water partition coefficient (Wildman–Crippen LogP) is 1.31. The molecular weight excluding hydrogens is 272 g/mol. The Balaban J connectivity index is 1.59. The highest BCUT2D eigenvalue weighted by Gasteiger charge is 2.39. The van der Waals surface area contributed by atoms with Gasteiger partial charge in [0.25, 0.3) is 0 Å². The van der Waals surface area contributed by atoms with Crippen molar-refractivity contribution in [3.8, 4) is 0 Å². The Morgan fingerprint density at radius 2 is 2.05 bits per heavy atom. The number of amides is 1. The molecule has 5 heteroatoms. The molecule has 4 nitrogen and oxygen atoms in total. The minimum atomic E-state index is 0.272. The van der Waals surface area contributed by atoms with Gasteiger partial charge in [0.05, 0.1) is 12.7 Å². The number of hydrogen-bond donors (Lipinski definition) is 0. The van der Waals surface area contributed by atoms with E-state index in [2.05, 4.69) is 16.7 Å². The monoisotopic (exact) mass is 298 g/mol. The standard InChI is InChI=1S/C15H26N2O2S/c1-2-16-5-6-19-14-11-17(10-13(14)9-16)15(18)12-3-7-20-8-4-12/h12-14H,2-11H2,1H3/t13-,14+/m0/s1. The van der Waals surface area contributed by atoms with Crippen LogP contribution in [0.15, 0.2) is 0 Å². The fraction of sp³-hybridized carbons (Fsp3) is 0.933. The lowest BCUT2D eigenvalue weighted by molar-refractivity contribution is -0.135. The third kappa shape index (κ3) is 3.15. The molecule has 114 valence electrons. The number of ether oxygens (including phenoxy) is 1. The van der Waals surface area contributed by atoms with Gasteiger partial charge in [0, 0.05) is 38.0 Å². The van der Waals surface area contributed by atoms with Crippen LogP contribution in [0.2, 0.25) is 0 Å². The lowest BCUT2D eigenvalue weighted by atomic mass is 10.0. The van der Waals surface area contributed by atoms with Crippen LogP contribution in [0.3, 0.4) is 0 Å². The molecule has 0 unspecified atom stereocenters. The van der Waals surface area contributed by atoms with Gasteiger partial charge in [-0.25, -0.2) is 0 Å². The second kappa shape index (κ2) is 6.67. The number of carbonyl (C=O) groups is 1. The summed E-state index contributed by atoms with van der Waals surface area (Å²) in [5, 5.41) is 0. The number of hydrogen-bond acceptors (Lipinski definition) is 4. The maximum atomic E-state index is 12.6. The molecule has 0 aromatic rings. The molecule has 1 amide bonds. The van der Waals surface area contributed by atoms with Gasteiger partial charge in [-0.1, -0.05) is 6.92 Å². The number of thioether (sulfide) groups is 1. The van der Waals surface area contributed by atoms with Crippen LogP contribution in [0.1, 0.15) is 19.8 Å². The van der Waals surface area contributed by atoms with Gasteiger partial charge in [0.1, 0.15) is 0 Å². The van der Waals surface area contributed by atoms with Crippen LogP contribution in [-0.4, -0.2) is 72.6 Å². The summed E-state index contributed by atoms with van der Waals surface area (Å²) in [5.41, 5.74) is 0. The normalized spacial score (nSPS) is 33.0. The summed E-state index contributed by atoms with van der Waals surface area (Å²) in [6.07, 6.45) is 2.41. The van der Waals surface area contributed by atoms with Crippen molar-refractivity contribution in [2.45, 2.75) is 25.9 Å². The molecule has 3 aliphatic rings. The third-order valence-electron chi connectivity index (χ3n) is 4.94. The fourth-order valence-electron chi connectivity index (χ4n) is 3.63. The van der Waals surface area contributed by atoms with E-state index in [9.17, 15) is 4.79 Å². The molecule has 3 heterocycles. The first-order valence-electron chi connectivity index (χ1n) is 7.98. The Morgan fingerprint density at radius 3 is 2.80 bits per heavy atom. The van der Waals surface area contributed by atoms with E-state index in [1.807, 2.05) is 11.8 Å². The summed E-state index contributed by atoms with van der Waals surface area (Å²) in [4.78, 5) is 17.2. The van der Waals surface area contributed by atoms with Crippen molar-refractivity contribution in [2.24, 2.45) is 11.8 Å². The molecule has 0 spiro atoms. The van der Waals surface area contributed by atoms with Crippen molar-refractivity contribution in [2.75, 3.05) is 50.8 Å². The maximum Gasteiger partial charge on any atom is 0.225 e. The van der Waals surface area contributed by atoms with Crippen LogP contribution in [0, 0.1) is 11.8 Å². The molecule has 0 radical (unpaired) electrons. The van der Waals surface area contributed by atoms with Gasteiger partial charge < -0.3 is 14.5 Å². The molecule has 3 fully saturated rings. The van der Waals surface area contributed by atoms with E-state index in [0.29, 0.717) is 11.8 Å². The lowest BCUT2D eigenvalue weighted by Gasteiger charge is -2.26. The summed E-state index contributed by atoms with van der Waals surface area (Å²) in [7, 11) is 0. The molecular formula is C15H26N2O2S. The third-order valence-corrected chi connectivity index (χ3v) is 5.99. The first-order valence-corrected chi connectivity index (χ1v) is 9.14. The summed E-state index contributed by atoms with van der Waals surface area (Å²) in [6, 6.07) is 0. The number of fused-ring (bicyclic) bond motifs is 1. The molecule has 0 N–H and O–H groups in total. The summed E-state index contributed by atoms with van der Waals surface area (Å²) < 4.78 is 5.99. The van der Waals surface area contributed by atoms with Crippen LogP contribution in [0.4, 0.5) is 0 Å². The highest BCUT2D eigenvalue weighted by molar-refractivity contribution is 7.99. The fourth-order valence-corrected chi connectivity index (χ4v) is 4.74. The van der Waals surface area contributed by atoms with Crippen molar-refractivity contribution in [1.29, 1.82) is 0 Å². The lowest BCUT2D eigenvalue weighted by Crippen LogP contribution is -2.38. The second-order valence-corrected chi connectivity index (χ2v) is 7.42. The quantitative estimate of drug-likeness (QED) is 0.769. The van der Waals surface area contributed by atoms with Crippen LogP contribution >= 0.6 is 11.8 Å². The van der Waals surface area contributed by atoms with E-state index in [1.54, 1.807) is 0 Å². The van der Waals surface area contributed by atoms with Gasteiger partial charge in [0.15, 0.2) is 0 Å². The molecule has 0 aliphatic carbocycles. The first-order chi connectivity index (χ1) is 9.78. The van der Waals surface area contributed by atoms with Gasteiger partial charge in [-0.2, -0.15) is 11.8 Å². The second-order valence-electron chi connectivity index (χ2n) is 6.19. The van der Waals surface area contributed by atoms with Gasteiger partial charge in [-0.15, -0.1) is 0 Å². The van der Waals surface area contributed by atoms with Crippen molar-refractivity contribution in [3.63, 3.8) is 0 Å². The molecule has 3 aliphatic heterocycles. The highest BCUT2D eigenvalue weighted by atomic mass is 32.2. The van der Waals surface area contributed by atoms with Crippen LogP contribution < -0.4 is 0 Å². The molecule has 2 atom stereocenters. The Morgan fingerprint density at radius 1 is 1.25 bits per heavy atom. The minimum Gasteiger partial charge on any atom is -0.375 e. The Bertz CT molecular complexity index is 347. The zero-order valence-electron chi connectivity index (χ0n) is 12.4. The van der Waals surface area contributed by atoms with Gasteiger partial charge in [-0.3, -0.25) is 4.79 Å². The largest absolute Gasteiger partial charge is 0.375 e. The molecule has 3 rings (SSSR count). The van der Waals surface area contributed by atoms with E-state index in [0.717, 1.165) is 63.7 Å². The summed E-state index contributed by atoms with van der Waals surface area (Å²) in [5.74, 6) is 3.49. The van der Waals surface area contributed by atoms with Gasteiger partial charge >= 0.3 is 0 Å². The topological polar surface area (TPSA) is 32.8 Å². The highest BCUT2D eigenvalue weighted by Crippen LogP contribution is 2.29. The molecule has 0 bridgehead atoms. The average Bonchev–Trinajstić information content (AvgIpc) is 2.79.